The molecule has 0 bridgehead atoms. The molecular weight excluding hydrogens is 298 g/mol. The summed E-state index contributed by atoms with van der Waals surface area (Å²) in [5.41, 5.74) is 0. The zero-order valence-electron chi connectivity index (χ0n) is 15.8. The highest BCUT2D eigenvalue weighted by Gasteiger charge is 2.19. The molecule has 0 fully saturated rings. The van der Waals surface area contributed by atoms with E-state index >= 15 is 0 Å². The van der Waals surface area contributed by atoms with Crippen LogP contribution in [0.4, 0.5) is 0 Å². The number of carbonyl (C=O) groups excluding carboxylic acids is 1. The van der Waals surface area contributed by atoms with Crippen LogP contribution in [0.15, 0.2) is 24.5 Å². The fourth-order valence-corrected chi connectivity index (χ4v) is 3.26. The van der Waals surface area contributed by atoms with E-state index < -0.39 is 0 Å². The van der Waals surface area contributed by atoms with Crippen LogP contribution in [0.1, 0.15) is 96.4 Å². The number of unbranched alkanes of at least 4 members (excludes halogenated alkanes) is 11. The van der Waals surface area contributed by atoms with Gasteiger partial charge in [0.1, 0.15) is 6.04 Å². The number of hydrogen-bond acceptors (Lipinski definition) is 2. The molecule has 0 aliphatic carbocycles. The minimum Gasteiger partial charge on any atom is -0.467 e. The average Bonchev–Trinajstić information content (AvgIpc) is 3.12. The van der Waals surface area contributed by atoms with Crippen molar-refractivity contribution in [3.63, 3.8) is 0 Å². The molecular formula is C21H37NO2. The summed E-state index contributed by atoms with van der Waals surface area (Å²) in [6.07, 6.45) is 20.8. The zero-order chi connectivity index (χ0) is 17.5. The molecule has 138 valence electrons. The van der Waals surface area contributed by atoms with Crippen molar-refractivity contribution in [3.05, 3.63) is 24.5 Å². The maximum absolute atomic E-state index is 11.9. The summed E-state index contributed by atoms with van der Waals surface area (Å²) < 4.78 is 6.90. The predicted molar refractivity (Wildman–Crippen MR) is 101 cm³/mol. The molecule has 0 spiro atoms. The molecule has 0 aliphatic heterocycles. The van der Waals surface area contributed by atoms with Crippen LogP contribution in [-0.4, -0.2) is 17.6 Å². The van der Waals surface area contributed by atoms with Crippen molar-refractivity contribution in [1.82, 2.24) is 4.57 Å². The van der Waals surface area contributed by atoms with E-state index in [9.17, 15) is 4.79 Å². The van der Waals surface area contributed by atoms with Crippen molar-refractivity contribution in [2.75, 3.05) is 7.11 Å². The third kappa shape index (κ3) is 9.14. The number of methoxy groups -OCH3 is 1. The van der Waals surface area contributed by atoms with E-state index in [1.165, 1.54) is 77.7 Å². The van der Waals surface area contributed by atoms with Gasteiger partial charge in [-0.15, -0.1) is 0 Å². The summed E-state index contributed by atoms with van der Waals surface area (Å²) in [6.45, 7) is 2.27. The fourth-order valence-electron chi connectivity index (χ4n) is 3.26. The van der Waals surface area contributed by atoms with Gasteiger partial charge in [0, 0.05) is 12.4 Å². The zero-order valence-corrected chi connectivity index (χ0v) is 15.8. The quantitative estimate of drug-likeness (QED) is 0.278. The van der Waals surface area contributed by atoms with Gasteiger partial charge < -0.3 is 9.30 Å². The SMILES string of the molecule is CCCCCCCCCCCCCCC(C(=O)OC)n1cccc1. The van der Waals surface area contributed by atoms with Crippen molar-refractivity contribution < 1.29 is 9.53 Å². The van der Waals surface area contributed by atoms with Gasteiger partial charge in [0.15, 0.2) is 0 Å². The molecule has 0 saturated heterocycles. The number of aromatic nitrogens is 1. The molecule has 1 rings (SSSR count). The van der Waals surface area contributed by atoms with Gasteiger partial charge in [-0.25, -0.2) is 4.79 Å². The third-order valence-electron chi connectivity index (χ3n) is 4.79. The minimum atomic E-state index is -0.159. The lowest BCUT2D eigenvalue weighted by atomic mass is 10.0. The highest BCUT2D eigenvalue weighted by Crippen LogP contribution is 2.19. The number of nitrogens with zero attached hydrogens (tertiary/aromatic N) is 1. The molecule has 1 heterocycles. The Kier molecular flexibility index (Phi) is 12.2. The van der Waals surface area contributed by atoms with Gasteiger partial charge in [0.2, 0.25) is 0 Å². The van der Waals surface area contributed by atoms with Crippen LogP contribution in [0.5, 0.6) is 0 Å². The average molecular weight is 336 g/mol. The Morgan fingerprint density at radius 1 is 0.833 bits per heavy atom. The van der Waals surface area contributed by atoms with Gasteiger partial charge in [0.05, 0.1) is 7.11 Å². The summed E-state index contributed by atoms with van der Waals surface area (Å²) in [5, 5.41) is 0. The van der Waals surface area contributed by atoms with Gasteiger partial charge >= 0.3 is 5.97 Å². The lowest BCUT2D eigenvalue weighted by Crippen LogP contribution is -2.19. The number of ether oxygens (including phenoxy) is 1. The van der Waals surface area contributed by atoms with Gasteiger partial charge in [-0.05, 0) is 18.6 Å². The molecule has 1 aromatic heterocycles. The lowest BCUT2D eigenvalue weighted by molar-refractivity contribution is -0.144. The Morgan fingerprint density at radius 2 is 1.29 bits per heavy atom. The minimum absolute atomic E-state index is 0.130. The smallest absolute Gasteiger partial charge is 0.328 e. The van der Waals surface area contributed by atoms with E-state index in [1.54, 1.807) is 0 Å². The lowest BCUT2D eigenvalue weighted by Gasteiger charge is -2.16. The van der Waals surface area contributed by atoms with Crippen LogP contribution in [0.25, 0.3) is 0 Å². The van der Waals surface area contributed by atoms with E-state index in [4.69, 9.17) is 4.74 Å². The second-order valence-electron chi connectivity index (χ2n) is 6.85. The summed E-state index contributed by atoms with van der Waals surface area (Å²) in [4.78, 5) is 11.9. The van der Waals surface area contributed by atoms with Crippen LogP contribution in [0.2, 0.25) is 0 Å². The fraction of sp³-hybridized carbons (Fsp3) is 0.762. The predicted octanol–water partition coefficient (Wildman–Crippen LogP) is 6.29. The van der Waals surface area contributed by atoms with E-state index in [-0.39, 0.29) is 12.0 Å². The van der Waals surface area contributed by atoms with Crippen molar-refractivity contribution in [2.24, 2.45) is 0 Å². The molecule has 0 N–H and O–H groups in total. The van der Waals surface area contributed by atoms with Crippen molar-refractivity contribution in [1.29, 1.82) is 0 Å². The first-order chi connectivity index (χ1) is 11.8. The number of rotatable bonds is 15. The van der Waals surface area contributed by atoms with E-state index in [0.717, 1.165) is 12.8 Å². The Morgan fingerprint density at radius 3 is 1.75 bits per heavy atom. The number of carbonyl (C=O) groups is 1. The molecule has 0 saturated carbocycles. The largest absolute Gasteiger partial charge is 0.467 e. The third-order valence-corrected chi connectivity index (χ3v) is 4.79. The molecule has 0 radical (unpaired) electrons. The highest BCUT2D eigenvalue weighted by molar-refractivity contribution is 5.74. The molecule has 0 aromatic carbocycles. The Balaban J connectivity index is 1.99. The Hall–Kier alpha value is -1.25. The molecule has 1 aromatic rings. The molecule has 3 nitrogen and oxygen atoms in total. The van der Waals surface area contributed by atoms with Gasteiger partial charge in [-0.1, -0.05) is 84.0 Å². The van der Waals surface area contributed by atoms with Gasteiger partial charge in [-0.2, -0.15) is 0 Å². The first kappa shape index (κ1) is 20.8. The molecule has 0 aliphatic rings. The maximum atomic E-state index is 11.9. The van der Waals surface area contributed by atoms with Crippen molar-refractivity contribution in [2.45, 2.75) is 96.4 Å². The normalized spacial score (nSPS) is 12.2. The summed E-state index contributed by atoms with van der Waals surface area (Å²) in [6, 6.07) is 3.75. The summed E-state index contributed by atoms with van der Waals surface area (Å²) in [7, 11) is 1.47. The molecule has 1 unspecified atom stereocenters. The highest BCUT2D eigenvalue weighted by atomic mass is 16.5. The monoisotopic (exact) mass is 335 g/mol. The number of esters is 1. The Labute approximate surface area is 148 Å². The summed E-state index contributed by atoms with van der Waals surface area (Å²) >= 11 is 0. The standard InChI is InChI=1S/C21H37NO2/c1-3-4-5-6-7-8-9-10-11-12-13-14-17-20(21(23)24-2)22-18-15-16-19-22/h15-16,18-20H,3-14,17H2,1-2H3. The summed E-state index contributed by atoms with van der Waals surface area (Å²) in [5.74, 6) is -0.130. The topological polar surface area (TPSA) is 31.2 Å². The number of hydrogen-bond donors (Lipinski definition) is 0. The molecule has 3 heteroatoms. The van der Waals surface area contributed by atoms with Gasteiger partial charge in [0.25, 0.3) is 0 Å². The Bertz CT molecular complexity index is 400. The van der Waals surface area contributed by atoms with E-state index in [1.807, 2.05) is 29.1 Å². The van der Waals surface area contributed by atoms with Crippen LogP contribution in [0.3, 0.4) is 0 Å². The van der Waals surface area contributed by atoms with Crippen molar-refractivity contribution >= 4 is 5.97 Å². The van der Waals surface area contributed by atoms with Crippen LogP contribution in [-0.2, 0) is 9.53 Å². The second-order valence-corrected chi connectivity index (χ2v) is 6.85. The van der Waals surface area contributed by atoms with E-state index in [0.29, 0.717) is 0 Å². The van der Waals surface area contributed by atoms with E-state index in [2.05, 4.69) is 6.92 Å². The first-order valence-electron chi connectivity index (χ1n) is 10.00. The van der Waals surface area contributed by atoms with Crippen LogP contribution in [0, 0.1) is 0 Å². The first-order valence-corrected chi connectivity index (χ1v) is 10.00. The van der Waals surface area contributed by atoms with Crippen molar-refractivity contribution in [3.8, 4) is 0 Å². The maximum Gasteiger partial charge on any atom is 0.328 e. The molecule has 1 atom stereocenters. The van der Waals surface area contributed by atoms with Crippen LogP contribution >= 0.6 is 0 Å². The second kappa shape index (κ2) is 14.1. The molecule has 0 amide bonds. The van der Waals surface area contributed by atoms with Crippen LogP contribution < -0.4 is 0 Å². The van der Waals surface area contributed by atoms with Gasteiger partial charge in [-0.3, -0.25) is 0 Å². The molecule has 24 heavy (non-hydrogen) atoms.